The maximum absolute atomic E-state index is 9.92. The summed E-state index contributed by atoms with van der Waals surface area (Å²) in [5, 5.41) is 36.7. The van der Waals surface area contributed by atoms with Gasteiger partial charge in [-0.1, -0.05) is 0 Å². The molecule has 1 unspecified atom stereocenters. The summed E-state index contributed by atoms with van der Waals surface area (Å²) in [6.07, 6.45) is -1.58. The fourth-order valence-corrected chi connectivity index (χ4v) is 2.17. The van der Waals surface area contributed by atoms with Crippen molar-refractivity contribution in [1.82, 2.24) is 19.5 Å². The molecule has 0 aliphatic carbocycles. The lowest BCUT2D eigenvalue weighted by molar-refractivity contribution is -0.0551. The van der Waals surface area contributed by atoms with Gasteiger partial charge in [-0.25, -0.2) is 9.97 Å². The van der Waals surface area contributed by atoms with Crippen LogP contribution in [-0.4, -0.2) is 59.8 Å². The zero-order valence-electron chi connectivity index (χ0n) is 9.76. The van der Waals surface area contributed by atoms with Gasteiger partial charge in [-0.3, -0.25) is 9.98 Å². The quantitative estimate of drug-likeness (QED) is 0.420. The highest BCUT2D eigenvalue weighted by atomic mass is 16.6. The van der Waals surface area contributed by atoms with Crippen LogP contribution in [0, 0.1) is 5.41 Å². The highest BCUT2D eigenvalue weighted by molar-refractivity contribution is 5.67. The SMILES string of the molecule is N=c1c2[nH]cnc2ncn1C1O[C@H](CO)[C@@H](O)[C@@H]1O. The predicted octanol–water partition coefficient (Wildman–Crippen LogP) is -2.15. The molecule has 9 nitrogen and oxygen atoms in total. The summed E-state index contributed by atoms with van der Waals surface area (Å²) in [6.45, 7) is -0.414. The van der Waals surface area contributed by atoms with Crippen LogP contribution >= 0.6 is 0 Å². The average Bonchev–Trinajstić information content (AvgIpc) is 2.98. The van der Waals surface area contributed by atoms with Crippen molar-refractivity contribution < 1.29 is 20.1 Å². The second-order valence-corrected chi connectivity index (χ2v) is 4.33. The number of aliphatic hydroxyl groups is 3. The van der Waals surface area contributed by atoms with Crippen LogP contribution in [0.5, 0.6) is 0 Å². The van der Waals surface area contributed by atoms with Crippen LogP contribution in [0.3, 0.4) is 0 Å². The molecule has 1 aliphatic heterocycles. The molecule has 2 aromatic rings. The first-order chi connectivity index (χ1) is 9.13. The molecule has 19 heavy (non-hydrogen) atoms. The van der Waals surface area contributed by atoms with Crippen molar-refractivity contribution in [3.05, 3.63) is 18.1 Å². The molecule has 3 heterocycles. The minimum absolute atomic E-state index is 0.0253. The van der Waals surface area contributed by atoms with Crippen LogP contribution in [0.4, 0.5) is 0 Å². The minimum Gasteiger partial charge on any atom is -0.394 e. The van der Waals surface area contributed by atoms with Gasteiger partial charge < -0.3 is 25.0 Å². The van der Waals surface area contributed by atoms with E-state index in [2.05, 4.69) is 15.0 Å². The Kier molecular flexibility index (Phi) is 2.82. The Morgan fingerprint density at radius 3 is 2.84 bits per heavy atom. The lowest BCUT2D eigenvalue weighted by Crippen LogP contribution is -2.35. The summed E-state index contributed by atoms with van der Waals surface area (Å²) in [6, 6.07) is 0. The van der Waals surface area contributed by atoms with Crippen LogP contribution < -0.4 is 5.49 Å². The zero-order chi connectivity index (χ0) is 13.6. The van der Waals surface area contributed by atoms with E-state index in [4.69, 9.17) is 15.3 Å². The number of H-pyrrole nitrogens is 1. The van der Waals surface area contributed by atoms with Gasteiger partial charge in [0.05, 0.1) is 12.9 Å². The monoisotopic (exact) mass is 267 g/mol. The summed E-state index contributed by atoms with van der Waals surface area (Å²) in [4.78, 5) is 10.7. The summed E-state index contributed by atoms with van der Waals surface area (Å²) >= 11 is 0. The summed E-state index contributed by atoms with van der Waals surface area (Å²) in [5.41, 5.74) is 0.811. The Bertz CT molecular complexity index is 653. The first-order valence-corrected chi connectivity index (χ1v) is 5.70. The van der Waals surface area contributed by atoms with E-state index < -0.39 is 31.1 Å². The third kappa shape index (κ3) is 1.75. The van der Waals surface area contributed by atoms with Gasteiger partial charge in [-0.05, 0) is 0 Å². The first kappa shape index (κ1) is 12.2. The molecule has 1 fully saturated rings. The molecular weight excluding hydrogens is 254 g/mol. The van der Waals surface area contributed by atoms with E-state index in [0.717, 1.165) is 0 Å². The largest absolute Gasteiger partial charge is 0.394 e. The number of rotatable bonds is 2. The zero-order valence-corrected chi connectivity index (χ0v) is 9.76. The Labute approximate surface area is 106 Å². The van der Waals surface area contributed by atoms with Crippen molar-refractivity contribution in [2.24, 2.45) is 0 Å². The Balaban J connectivity index is 2.05. The Morgan fingerprint density at radius 1 is 1.37 bits per heavy atom. The highest BCUT2D eigenvalue weighted by Crippen LogP contribution is 2.28. The molecule has 1 aliphatic rings. The molecule has 0 bridgehead atoms. The molecule has 0 aromatic carbocycles. The molecule has 0 radical (unpaired) electrons. The molecule has 9 heteroatoms. The average molecular weight is 267 g/mol. The van der Waals surface area contributed by atoms with Crippen LogP contribution in [-0.2, 0) is 4.74 Å². The van der Waals surface area contributed by atoms with E-state index in [1.165, 1.54) is 17.2 Å². The number of hydrogen-bond acceptors (Lipinski definition) is 7. The Hall–Kier alpha value is -1.81. The van der Waals surface area contributed by atoms with Crippen LogP contribution in [0.1, 0.15) is 6.23 Å². The second kappa shape index (κ2) is 4.38. The molecular formula is C10H13N5O4. The topological polar surface area (TPSA) is 140 Å². The van der Waals surface area contributed by atoms with E-state index in [0.29, 0.717) is 11.2 Å². The first-order valence-electron chi connectivity index (χ1n) is 5.70. The second-order valence-electron chi connectivity index (χ2n) is 4.33. The third-order valence-electron chi connectivity index (χ3n) is 3.21. The molecule has 0 saturated carbocycles. The third-order valence-corrected chi connectivity index (χ3v) is 3.21. The number of nitrogens with one attached hydrogen (secondary N) is 2. The minimum atomic E-state index is -1.24. The number of hydrogen-bond donors (Lipinski definition) is 5. The van der Waals surface area contributed by atoms with Crippen molar-refractivity contribution in [2.75, 3.05) is 6.61 Å². The van der Waals surface area contributed by atoms with Gasteiger partial charge in [0, 0.05) is 0 Å². The van der Waals surface area contributed by atoms with E-state index in [-0.39, 0.29) is 5.49 Å². The van der Waals surface area contributed by atoms with Crippen molar-refractivity contribution in [3.8, 4) is 0 Å². The molecule has 3 rings (SSSR count). The number of nitrogens with zero attached hydrogens (tertiary/aromatic N) is 3. The van der Waals surface area contributed by atoms with Gasteiger partial charge in [0.1, 0.15) is 30.2 Å². The van der Waals surface area contributed by atoms with Gasteiger partial charge in [0.2, 0.25) is 0 Å². The van der Waals surface area contributed by atoms with E-state index >= 15 is 0 Å². The van der Waals surface area contributed by atoms with E-state index in [1.54, 1.807) is 0 Å². The lowest BCUT2D eigenvalue weighted by Gasteiger charge is -2.17. The summed E-state index contributed by atoms with van der Waals surface area (Å²) < 4.78 is 6.63. The molecule has 5 N–H and O–H groups in total. The van der Waals surface area contributed by atoms with E-state index in [1.807, 2.05) is 0 Å². The maximum Gasteiger partial charge on any atom is 0.182 e. The van der Waals surface area contributed by atoms with Gasteiger partial charge in [-0.15, -0.1) is 0 Å². The molecule has 1 saturated heterocycles. The van der Waals surface area contributed by atoms with Crippen LogP contribution in [0.2, 0.25) is 0 Å². The van der Waals surface area contributed by atoms with Crippen molar-refractivity contribution >= 4 is 11.2 Å². The highest BCUT2D eigenvalue weighted by Gasteiger charge is 2.43. The predicted molar refractivity (Wildman–Crippen MR) is 60.7 cm³/mol. The van der Waals surface area contributed by atoms with Gasteiger partial charge in [0.15, 0.2) is 17.4 Å². The van der Waals surface area contributed by atoms with Gasteiger partial charge in [-0.2, -0.15) is 0 Å². The number of aromatic nitrogens is 4. The number of aliphatic hydroxyl groups excluding tert-OH is 3. The van der Waals surface area contributed by atoms with Crippen LogP contribution in [0.15, 0.2) is 12.7 Å². The molecule has 0 amide bonds. The molecule has 4 atom stereocenters. The summed E-state index contributed by atoms with van der Waals surface area (Å²) in [7, 11) is 0. The van der Waals surface area contributed by atoms with Crippen molar-refractivity contribution in [1.29, 1.82) is 5.41 Å². The van der Waals surface area contributed by atoms with Gasteiger partial charge in [0.25, 0.3) is 0 Å². The van der Waals surface area contributed by atoms with E-state index in [9.17, 15) is 10.2 Å². The molecule has 0 spiro atoms. The van der Waals surface area contributed by atoms with Crippen LogP contribution in [0.25, 0.3) is 11.2 Å². The normalized spacial score (nSPS) is 31.1. The number of ether oxygens (including phenoxy) is 1. The summed E-state index contributed by atoms with van der Waals surface area (Å²) in [5.74, 6) is 0. The van der Waals surface area contributed by atoms with Crippen molar-refractivity contribution in [3.63, 3.8) is 0 Å². The molecule has 2 aromatic heterocycles. The van der Waals surface area contributed by atoms with Gasteiger partial charge >= 0.3 is 0 Å². The van der Waals surface area contributed by atoms with Crippen molar-refractivity contribution in [2.45, 2.75) is 24.5 Å². The standard InChI is InChI=1S/C10H13N5O4/c11-8-5-9(13-2-12-5)14-3-15(8)10-7(18)6(17)4(1-16)19-10/h2-4,6-7,10-11,16-18H,1H2,(H,12,13)/t4-,6-,7+,10?/m1/s1. The molecule has 102 valence electrons. The fourth-order valence-electron chi connectivity index (χ4n) is 2.17. The smallest absolute Gasteiger partial charge is 0.182 e. The number of fused-ring (bicyclic) bond motifs is 1. The maximum atomic E-state index is 9.92. The number of aromatic amines is 1. The Morgan fingerprint density at radius 2 is 2.16 bits per heavy atom. The number of imidazole rings is 1. The fraction of sp³-hybridized carbons (Fsp3) is 0.500. The lowest BCUT2D eigenvalue weighted by atomic mass is 10.1.